The van der Waals surface area contributed by atoms with Crippen LogP contribution in [-0.4, -0.2) is 31.0 Å². The van der Waals surface area contributed by atoms with E-state index in [4.69, 9.17) is 5.73 Å². The highest BCUT2D eigenvalue weighted by atomic mass is 32.2. The average Bonchev–Trinajstić information content (AvgIpc) is 3.29. The highest BCUT2D eigenvalue weighted by Crippen LogP contribution is 2.39. The lowest BCUT2D eigenvalue weighted by Crippen LogP contribution is -2.01. The third-order valence-corrected chi connectivity index (χ3v) is 12.7. The zero-order chi connectivity index (χ0) is 48.3. The normalized spacial score (nSPS) is 12.4. The minimum absolute atomic E-state index is 0.0109. The lowest BCUT2D eigenvalue weighted by atomic mass is 10.1. The molecule has 0 radical (unpaired) electrons. The van der Waals surface area contributed by atoms with Gasteiger partial charge in [-0.1, -0.05) is 30.3 Å². The van der Waals surface area contributed by atoms with Crippen molar-refractivity contribution in [2.24, 2.45) is 40.9 Å². The summed E-state index contributed by atoms with van der Waals surface area (Å²) in [6, 6.07) is 37.2. The maximum absolute atomic E-state index is 12.2. The summed E-state index contributed by atoms with van der Waals surface area (Å²) in [6.07, 6.45) is 0. The second kappa shape index (κ2) is 19.0. The van der Waals surface area contributed by atoms with Gasteiger partial charge in [-0.25, -0.2) is 0 Å². The quantitative estimate of drug-likeness (QED) is 0.0417. The Morgan fingerprint density at radius 1 is 0.471 bits per heavy atom. The van der Waals surface area contributed by atoms with Crippen molar-refractivity contribution in [2.75, 3.05) is 11.1 Å². The van der Waals surface area contributed by atoms with Crippen molar-refractivity contribution < 1.29 is 31.0 Å². The number of nitrogens with two attached hydrogens (primary N) is 1. The molecule has 0 heterocycles. The van der Waals surface area contributed by atoms with Crippen LogP contribution in [-0.2, 0) is 26.8 Å². The van der Waals surface area contributed by atoms with Crippen molar-refractivity contribution in [1.82, 2.24) is 0 Å². The Balaban J connectivity index is 0.920. The number of fused-ring (bicyclic) bond motifs is 2. The molecule has 0 aliphatic carbocycles. The van der Waals surface area contributed by atoms with Gasteiger partial charge in [-0.2, -0.15) is 47.5 Å². The van der Waals surface area contributed by atoms with E-state index in [2.05, 4.69) is 46.2 Å². The predicted molar refractivity (Wildman–Crippen MR) is 262 cm³/mol. The summed E-state index contributed by atoms with van der Waals surface area (Å²) < 4.78 is 68.0. The van der Waals surface area contributed by atoms with E-state index in [0.717, 1.165) is 51.5 Å². The summed E-state index contributed by atoms with van der Waals surface area (Å²) in [7, 11) is -9.46. The second-order valence-electron chi connectivity index (χ2n) is 15.9. The number of hydrogen-bond donors (Lipinski definition) is 5. The third kappa shape index (κ3) is 10.6. The molecule has 0 fully saturated rings. The van der Waals surface area contributed by atoms with Gasteiger partial charge in [-0.3, -0.25) is 9.11 Å². The van der Waals surface area contributed by atoms with E-state index in [1.165, 1.54) is 12.1 Å². The zero-order valence-electron chi connectivity index (χ0n) is 36.9. The Hall–Kier alpha value is -8.10. The average molecular weight is 947 g/mol. The second-order valence-corrected chi connectivity index (χ2v) is 18.7. The van der Waals surface area contributed by atoms with Crippen LogP contribution in [0.2, 0.25) is 0 Å². The number of phenols is 1. The van der Waals surface area contributed by atoms with Crippen molar-refractivity contribution in [3.8, 4) is 5.75 Å². The van der Waals surface area contributed by atoms with E-state index in [9.17, 15) is 31.0 Å². The van der Waals surface area contributed by atoms with E-state index in [1.54, 1.807) is 43.3 Å². The Kier molecular flexibility index (Phi) is 13.0. The maximum Gasteiger partial charge on any atom is 0.296 e. The highest BCUT2D eigenvalue weighted by Gasteiger charge is 2.21. The van der Waals surface area contributed by atoms with Gasteiger partial charge >= 0.3 is 0 Å². The minimum atomic E-state index is -4.80. The molecule has 0 saturated carbocycles. The van der Waals surface area contributed by atoms with Crippen molar-refractivity contribution in [2.45, 2.75) is 44.0 Å². The van der Waals surface area contributed by atoms with Gasteiger partial charge in [0.2, 0.25) is 0 Å². The molecule has 0 unspecified atom stereocenters. The Bertz CT molecular complexity index is 3650. The van der Waals surface area contributed by atoms with Gasteiger partial charge in [0.05, 0.1) is 34.1 Å². The summed E-state index contributed by atoms with van der Waals surface area (Å²) >= 11 is 0. The molecule has 8 rings (SSSR count). The van der Waals surface area contributed by atoms with Gasteiger partial charge < -0.3 is 16.2 Å². The van der Waals surface area contributed by atoms with E-state index in [-0.39, 0.29) is 22.2 Å². The summed E-state index contributed by atoms with van der Waals surface area (Å²) in [5.74, 6) is 0.0360. The van der Waals surface area contributed by atoms with Crippen LogP contribution in [0.3, 0.4) is 0 Å². The van der Waals surface area contributed by atoms with Gasteiger partial charge in [0.25, 0.3) is 20.2 Å². The van der Waals surface area contributed by atoms with Gasteiger partial charge in [0.1, 0.15) is 21.2 Å². The third-order valence-electron chi connectivity index (χ3n) is 10.9. The van der Waals surface area contributed by atoms with Crippen LogP contribution in [0.1, 0.15) is 27.8 Å². The fourth-order valence-corrected chi connectivity index (χ4v) is 8.52. The number of phenolic OH excluding ortho intramolecular Hbond substituents is 1. The van der Waals surface area contributed by atoms with E-state index < -0.39 is 30.0 Å². The van der Waals surface area contributed by atoms with Gasteiger partial charge in [-0.05, 0) is 169 Å². The monoisotopic (exact) mass is 946 g/mol. The molecule has 0 atom stereocenters. The Morgan fingerprint density at radius 3 is 1.59 bits per heavy atom. The molecule has 6 N–H and O–H groups in total. The molecular formula is C49H42N10O7S2. The summed E-state index contributed by atoms with van der Waals surface area (Å²) in [6.45, 7) is 8.04. The van der Waals surface area contributed by atoms with Crippen molar-refractivity contribution in [3.05, 3.63) is 161 Å². The summed E-state index contributed by atoms with van der Waals surface area (Å²) in [5.41, 5.74) is 14.9. The van der Waals surface area contributed by atoms with Gasteiger partial charge in [-0.15, -0.1) is 10.2 Å². The van der Waals surface area contributed by atoms with E-state index in [0.29, 0.717) is 63.0 Å². The molecule has 0 bridgehead atoms. The number of anilines is 2. The van der Waals surface area contributed by atoms with Gasteiger partial charge in [0.15, 0.2) is 5.75 Å². The first-order valence-corrected chi connectivity index (χ1v) is 23.6. The Labute approximate surface area is 391 Å². The lowest BCUT2D eigenvalue weighted by molar-refractivity contribution is 0.482. The number of nitrogen functional groups attached to an aromatic ring is 1. The standard InChI is InChI=1S/C49H42N10O7S2/c1-28-20-38(14-18-41(28)54-52-37-15-19-42(29(2)21-37)55-59-46-26-40-33(25-48(46)68(64,65)66)6-5-7-47(40)67(61,62)63)53-57-44-22-31(4)45(23-30(44)3)58-56-43-17-10-34-24-36(13-16-39(34)49(43)60)51-27-32-8-11-35(50)12-9-32/h5-26,51,60H,27,50H2,1-4H3,(H,61,62,63)(H,64,65,66). The first kappa shape index (κ1) is 46.4. The first-order chi connectivity index (χ1) is 32.4. The molecule has 19 heteroatoms. The molecule has 0 amide bonds. The molecule has 68 heavy (non-hydrogen) atoms. The minimum Gasteiger partial charge on any atom is -0.505 e. The molecule has 0 aliphatic rings. The van der Waals surface area contributed by atoms with Gasteiger partial charge in [0, 0.05) is 28.7 Å². The van der Waals surface area contributed by atoms with Crippen LogP contribution in [0.15, 0.2) is 184 Å². The summed E-state index contributed by atoms with van der Waals surface area (Å²) in [5, 5.41) is 50.9. The molecule has 8 aromatic rings. The molecule has 0 spiro atoms. The number of rotatable bonds is 13. The van der Waals surface area contributed by atoms with Crippen molar-refractivity contribution in [3.63, 3.8) is 0 Å². The van der Waals surface area contributed by atoms with Crippen molar-refractivity contribution >= 4 is 98.7 Å². The SMILES string of the molecule is Cc1cc(N=Nc2cc(C)c(N=Nc3ccc4cc(NCc5ccc(N)cc5)ccc4c3O)cc2C)ccc1N=Nc1ccc(N=Nc2cc3c(S(=O)(=O)O)cccc3cc2S(=O)(=O)O)c(C)c1. The van der Waals surface area contributed by atoms with Crippen molar-refractivity contribution in [1.29, 1.82) is 0 Å². The molecular weight excluding hydrogens is 905 g/mol. The molecule has 0 aromatic heterocycles. The largest absolute Gasteiger partial charge is 0.505 e. The number of azo groups is 4. The first-order valence-electron chi connectivity index (χ1n) is 20.7. The van der Waals surface area contributed by atoms with Crippen LogP contribution in [0, 0.1) is 27.7 Å². The predicted octanol–water partition coefficient (Wildman–Crippen LogP) is 14.3. The fourth-order valence-electron chi connectivity index (χ4n) is 7.17. The molecule has 0 saturated heterocycles. The summed E-state index contributed by atoms with van der Waals surface area (Å²) in [4.78, 5) is -1.05. The maximum atomic E-state index is 12.2. The fraction of sp³-hybridized carbons (Fsp3) is 0.102. The van der Waals surface area contributed by atoms with Crippen LogP contribution < -0.4 is 11.1 Å². The zero-order valence-corrected chi connectivity index (χ0v) is 38.5. The molecule has 342 valence electrons. The van der Waals surface area contributed by atoms with E-state index >= 15 is 0 Å². The number of nitrogens with zero attached hydrogens (tertiary/aromatic N) is 8. The van der Waals surface area contributed by atoms with Crippen LogP contribution >= 0.6 is 0 Å². The Morgan fingerprint density at radius 2 is 0.985 bits per heavy atom. The number of benzene rings is 8. The number of aromatic hydroxyl groups is 1. The topological polar surface area (TPSA) is 266 Å². The van der Waals surface area contributed by atoms with Crippen LogP contribution in [0.4, 0.5) is 56.9 Å². The number of hydrogen-bond acceptors (Lipinski definition) is 15. The highest BCUT2D eigenvalue weighted by molar-refractivity contribution is 7.86. The van der Waals surface area contributed by atoms with Crippen LogP contribution in [0.25, 0.3) is 21.5 Å². The lowest BCUT2D eigenvalue weighted by Gasteiger charge is -2.10. The number of nitrogens with one attached hydrogen (secondary N) is 1. The van der Waals surface area contributed by atoms with Crippen LogP contribution in [0.5, 0.6) is 5.75 Å². The molecule has 17 nitrogen and oxygen atoms in total. The molecule has 8 aromatic carbocycles. The molecule has 0 aliphatic heterocycles. The smallest absolute Gasteiger partial charge is 0.296 e. The van der Waals surface area contributed by atoms with E-state index in [1.807, 2.05) is 87.5 Å². The number of aryl methyl sites for hydroxylation is 4.